The Balaban J connectivity index is 1.53. The zero-order chi connectivity index (χ0) is 22.1. The number of aromatic nitrogens is 2. The van der Waals surface area contributed by atoms with E-state index in [0.29, 0.717) is 38.8 Å². The summed E-state index contributed by atoms with van der Waals surface area (Å²) in [6.07, 6.45) is 0.928. The predicted molar refractivity (Wildman–Crippen MR) is 122 cm³/mol. The molecule has 2 N–H and O–H groups in total. The summed E-state index contributed by atoms with van der Waals surface area (Å²) >= 11 is 0. The van der Waals surface area contributed by atoms with Crippen molar-refractivity contribution in [1.82, 2.24) is 25.3 Å². The Morgan fingerprint density at radius 2 is 1.94 bits per heavy atom. The largest absolute Gasteiger partial charge is 0.378 e. The number of guanidine groups is 1. The maximum absolute atomic E-state index is 13.2. The van der Waals surface area contributed by atoms with E-state index in [9.17, 15) is 4.79 Å². The first-order chi connectivity index (χ1) is 15.1. The molecule has 8 heteroatoms. The lowest BCUT2D eigenvalue weighted by Gasteiger charge is -2.31. The van der Waals surface area contributed by atoms with Crippen LogP contribution in [0.2, 0.25) is 0 Å². The Hall–Kier alpha value is -2.87. The molecule has 0 spiro atoms. The molecule has 8 nitrogen and oxygen atoms in total. The third kappa shape index (κ3) is 6.55. The highest BCUT2D eigenvalue weighted by atomic mass is 16.5. The standard InChI is InChI=1S/C23H34N6O2/c1-18-16-19(2)29(27-18)11-7-10-25-23(24-3)26-17-21(20-8-5-4-6-9-20)22(30)28-12-14-31-15-13-28/h4-6,8-9,16,21H,7,10-15,17H2,1-3H3,(H2,24,25,26). The van der Waals surface area contributed by atoms with Gasteiger partial charge in [0.25, 0.3) is 0 Å². The molecule has 1 atom stereocenters. The number of nitrogens with one attached hydrogen (secondary N) is 2. The van der Waals surface area contributed by atoms with Crippen molar-refractivity contribution in [3.05, 3.63) is 53.3 Å². The maximum atomic E-state index is 13.2. The van der Waals surface area contributed by atoms with Crippen LogP contribution in [0.4, 0.5) is 0 Å². The second-order valence-corrected chi connectivity index (χ2v) is 7.78. The zero-order valence-corrected chi connectivity index (χ0v) is 18.8. The fourth-order valence-corrected chi connectivity index (χ4v) is 3.79. The lowest BCUT2D eigenvalue weighted by Crippen LogP contribution is -2.47. The smallest absolute Gasteiger partial charge is 0.232 e. The molecule has 0 aliphatic carbocycles. The molecule has 168 valence electrons. The Kier molecular flexibility index (Phi) is 8.46. The van der Waals surface area contributed by atoms with Gasteiger partial charge >= 0.3 is 0 Å². The van der Waals surface area contributed by atoms with E-state index in [1.54, 1.807) is 7.05 Å². The lowest BCUT2D eigenvalue weighted by molar-refractivity contribution is -0.136. The summed E-state index contributed by atoms with van der Waals surface area (Å²) in [5.74, 6) is 0.554. The summed E-state index contributed by atoms with van der Waals surface area (Å²) < 4.78 is 7.43. The number of aliphatic imine (C=N–C) groups is 1. The van der Waals surface area contributed by atoms with Crippen LogP contribution in [-0.2, 0) is 16.1 Å². The Labute approximate surface area is 184 Å². The molecule has 2 heterocycles. The summed E-state index contributed by atoms with van der Waals surface area (Å²) in [5.41, 5.74) is 3.22. The monoisotopic (exact) mass is 426 g/mol. The molecule has 1 aromatic heterocycles. The van der Waals surface area contributed by atoms with Crippen LogP contribution in [0, 0.1) is 13.8 Å². The van der Waals surface area contributed by atoms with Gasteiger partial charge in [-0.05, 0) is 31.9 Å². The first-order valence-corrected chi connectivity index (χ1v) is 11.0. The van der Waals surface area contributed by atoms with Crippen LogP contribution in [0.3, 0.4) is 0 Å². The molecular weight excluding hydrogens is 392 g/mol. The van der Waals surface area contributed by atoms with Gasteiger partial charge in [-0.3, -0.25) is 14.5 Å². The minimum absolute atomic E-state index is 0.127. The van der Waals surface area contributed by atoms with Crippen LogP contribution >= 0.6 is 0 Å². The van der Waals surface area contributed by atoms with Crippen LogP contribution in [0.1, 0.15) is 29.3 Å². The van der Waals surface area contributed by atoms with Crippen molar-refractivity contribution in [3.8, 4) is 0 Å². The van der Waals surface area contributed by atoms with Gasteiger partial charge in [-0.2, -0.15) is 5.10 Å². The van der Waals surface area contributed by atoms with Crippen LogP contribution in [-0.4, -0.2) is 73.0 Å². The highest BCUT2D eigenvalue weighted by Crippen LogP contribution is 2.18. The molecule has 31 heavy (non-hydrogen) atoms. The van der Waals surface area contributed by atoms with Crippen molar-refractivity contribution in [2.45, 2.75) is 32.7 Å². The minimum atomic E-state index is -0.271. The van der Waals surface area contributed by atoms with Crippen molar-refractivity contribution in [3.63, 3.8) is 0 Å². The minimum Gasteiger partial charge on any atom is -0.378 e. The van der Waals surface area contributed by atoms with E-state index in [-0.39, 0.29) is 11.8 Å². The molecule has 0 saturated carbocycles. The van der Waals surface area contributed by atoms with Crippen LogP contribution in [0.15, 0.2) is 41.4 Å². The molecule has 1 unspecified atom stereocenters. The lowest BCUT2D eigenvalue weighted by atomic mass is 9.97. The average Bonchev–Trinajstić information content (AvgIpc) is 3.13. The van der Waals surface area contributed by atoms with Crippen molar-refractivity contribution in [1.29, 1.82) is 0 Å². The molecule has 1 aromatic carbocycles. The quantitative estimate of drug-likeness (QED) is 0.381. The van der Waals surface area contributed by atoms with Gasteiger partial charge in [0.2, 0.25) is 5.91 Å². The number of aryl methyl sites for hydroxylation is 3. The summed E-state index contributed by atoms with van der Waals surface area (Å²) in [6, 6.07) is 12.0. The summed E-state index contributed by atoms with van der Waals surface area (Å²) in [5, 5.41) is 11.2. The number of amides is 1. The normalized spacial score (nSPS) is 15.6. The molecular formula is C23H34N6O2. The zero-order valence-electron chi connectivity index (χ0n) is 18.8. The molecule has 2 aromatic rings. The van der Waals surface area contributed by atoms with Gasteiger partial charge in [-0.1, -0.05) is 30.3 Å². The van der Waals surface area contributed by atoms with Crippen LogP contribution < -0.4 is 10.6 Å². The molecule has 0 radical (unpaired) electrons. The van der Waals surface area contributed by atoms with Gasteiger partial charge in [0.15, 0.2) is 5.96 Å². The van der Waals surface area contributed by atoms with Gasteiger partial charge in [-0.25, -0.2) is 0 Å². The van der Waals surface area contributed by atoms with Crippen molar-refractivity contribution >= 4 is 11.9 Å². The van der Waals surface area contributed by atoms with Gasteiger partial charge in [0, 0.05) is 45.5 Å². The molecule has 1 aliphatic heterocycles. The predicted octanol–water partition coefficient (Wildman–Crippen LogP) is 1.70. The number of hydrogen-bond acceptors (Lipinski definition) is 4. The van der Waals surface area contributed by atoms with Gasteiger partial charge in [-0.15, -0.1) is 0 Å². The van der Waals surface area contributed by atoms with Gasteiger partial charge in [0.05, 0.1) is 24.8 Å². The Morgan fingerprint density at radius 3 is 2.58 bits per heavy atom. The van der Waals surface area contributed by atoms with Gasteiger partial charge in [0.1, 0.15) is 0 Å². The second kappa shape index (κ2) is 11.5. The van der Waals surface area contributed by atoms with Crippen molar-refractivity contribution in [2.75, 3.05) is 46.4 Å². The first-order valence-electron chi connectivity index (χ1n) is 11.0. The van der Waals surface area contributed by atoms with Crippen LogP contribution in [0.25, 0.3) is 0 Å². The molecule has 1 amide bonds. The van der Waals surface area contributed by atoms with E-state index in [2.05, 4.69) is 33.7 Å². The molecule has 3 rings (SSSR count). The summed E-state index contributed by atoms with van der Waals surface area (Å²) in [6.45, 7) is 8.66. The molecule has 0 bridgehead atoms. The van der Waals surface area contributed by atoms with E-state index in [4.69, 9.17) is 4.74 Å². The third-order valence-corrected chi connectivity index (χ3v) is 5.46. The fourth-order valence-electron chi connectivity index (χ4n) is 3.79. The van der Waals surface area contributed by atoms with E-state index in [1.807, 2.05) is 46.8 Å². The number of benzene rings is 1. The van der Waals surface area contributed by atoms with Crippen molar-refractivity contribution in [2.24, 2.45) is 4.99 Å². The van der Waals surface area contributed by atoms with Crippen molar-refractivity contribution < 1.29 is 9.53 Å². The molecule has 1 aliphatic rings. The maximum Gasteiger partial charge on any atom is 0.232 e. The summed E-state index contributed by atoms with van der Waals surface area (Å²) in [4.78, 5) is 19.4. The van der Waals surface area contributed by atoms with Crippen LogP contribution in [0.5, 0.6) is 0 Å². The van der Waals surface area contributed by atoms with E-state index in [1.165, 1.54) is 5.69 Å². The Morgan fingerprint density at radius 1 is 1.19 bits per heavy atom. The fraction of sp³-hybridized carbons (Fsp3) is 0.522. The van der Waals surface area contributed by atoms with E-state index in [0.717, 1.165) is 30.8 Å². The summed E-state index contributed by atoms with van der Waals surface area (Å²) in [7, 11) is 1.75. The number of nitrogens with zero attached hydrogens (tertiary/aromatic N) is 4. The molecule has 1 fully saturated rings. The third-order valence-electron chi connectivity index (χ3n) is 5.46. The number of ether oxygens (including phenoxy) is 1. The number of carbonyl (C=O) groups excluding carboxylic acids is 1. The van der Waals surface area contributed by atoms with E-state index >= 15 is 0 Å². The topological polar surface area (TPSA) is 83.8 Å². The number of carbonyl (C=O) groups is 1. The average molecular weight is 427 g/mol. The highest BCUT2D eigenvalue weighted by molar-refractivity contribution is 5.86. The number of morpholine rings is 1. The second-order valence-electron chi connectivity index (χ2n) is 7.78. The van der Waals surface area contributed by atoms with E-state index < -0.39 is 0 Å². The number of rotatable bonds is 8. The highest BCUT2D eigenvalue weighted by Gasteiger charge is 2.27. The molecule has 1 saturated heterocycles. The number of hydrogen-bond donors (Lipinski definition) is 2. The van der Waals surface area contributed by atoms with Gasteiger partial charge < -0.3 is 20.3 Å². The first kappa shape index (κ1) is 22.8. The SMILES string of the molecule is CN=C(NCCCn1nc(C)cc1C)NCC(C(=O)N1CCOCC1)c1ccccc1. The Bertz CT molecular complexity index is 858.